The van der Waals surface area contributed by atoms with Crippen LogP contribution in [0.3, 0.4) is 0 Å². The Kier molecular flexibility index (Phi) is 9.97. The first-order valence-electron chi connectivity index (χ1n) is 11.5. The van der Waals surface area contributed by atoms with Crippen LogP contribution < -0.4 is 14.4 Å². The Labute approximate surface area is 237 Å². The van der Waals surface area contributed by atoms with Gasteiger partial charge < -0.3 is 9.64 Å². The van der Waals surface area contributed by atoms with Crippen LogP contribution in [0.2, 0.25) is 5.02 Å². The number of carbonyl (C=O) groups is 1. The van der Waals surface area contributed by atoms with Gasteiger partial charge in [0, 0.05) is 17.8 Å². The van der Waals surface area contributed by atoms with E-state index in [1.165, 1.54) is 23.5 Å². The number of hydrogen-bond donors (Lipinski definition) is 1. The first-order chi connectivity index (χ1) is 17.7. The van der Waals surface area contributed by atoms with Crippen molar-refractivity contribution in [1.29, 1.82) is 0 Å². The third kappa shape index (κ3) is 6.75. The topological polar surface area (TPSA) is 91.8 Å². The van der Waals surface area contributed by atoms with Crippen LogP contribution in [-0.4, -0.2) is 58.5 Å². The lowest BCUT2D eigenvalue weighted by atomic mass is 10.2. The van der Waals surface area contributed by atoms with E-state index in [1.807, 2.05) is 14.1 Å². The third-order valence-corrected chi connectivity index (χ3v) is 8.50. The van der Waals surface area contributed by atoms with Gasteiger partial charge in [0.25, 0.3) is 15.9 Å². The van der Waals surface area contributed by atoms with Gasteiger partial charge in [-0.3, -0.25) is 14.4 Å². The number of sulfonamides is 1. The van der Waals surface area contributed by atoms with Crippen molar-refractivity contribution in [3.05, 3.63) is 77.3 Å². The number of nitrogens with one attached hydrogen (secondary N) is 1. The third-order valence-electron chi connectivity index (χ3n) is 5.57. The van der Waals surface area contributed by atoms with Crippen molar-refractivity contribution in [3.63, 3.8) is 0 Å². The van der Waals surface area contributed by atoms with Gasteiger partial charge in [-0.25, -0.2) is 13.4 Å². The average Bonchev–Trinajstić information content (AvgIpc) is 3.33. The molecule has 0 aliphatic carbocycles. The second-order valence-electron chi connectivity index (χ2n) is 8.53. The molecule has 0 unspecified atom stereocenters. The first-order valence-corrected chi connectivity index (χ1v) is 14.1. The molecule has 38 heavy (non-hydrogen) atoms. The van der Waals surface area contributed by atoms with Gasteiger partial charge in [0.2, 0.25) is 0 Å². The lowest BCUT2D eigenvalue weighted by molar-refractivity contribution is 0.0986. The summed E-state index contributed by atoms with van der Waals surface area (Å²) < 4.78 is 34.0. The van der Waals surface area contributed by atoms with Crippen LogP contribution in [-0.2, 0) is 10.0 Å². The summed E-state index contributed by atoms with van der Waals surface area (Å²) in [5, 5.41) is 1.05. The fourth-order valence-electron chi connectivity index (χ4n) is 3.70. The number of nitrogens with zero attached hydrogens (tertiary/aromatic N) is 3. The molecule has 0 saturated carbocycles. The molecule has 0 radical (unpaired) electrons. The Hall–Kier alpha value is -2.89. The van der Waals surface area contributed by atoms with Gasteiger partial charge in [0.1, 0.15) is 11.3 Å². The molecule has 0 fully saturated rings. The zero-order valence-corrected chi connectivity index (χ0v) is 24.3. The highest BCUT2D eigenvalue weighted by Gasteiger charge is 2.23. The lowest BCUT2D eigenvalue weighted by Crippen LogP contribution is -2.33. The first kappa shape index (κ1) is 29.7. The molecule has 1 heterocycles. The number of halogens is 2. The highest BCUT2D eigenvalue weighted by atomic mass is 35.5. The predicted molar refractivity (Wildman–Crippen MR) is 157 cm³/mol. The van der Waals surface area contributed by atoms with E-state index in [2.05, 4.69) is 9.62 Å². The quantitative estimate of drug-likeness (QED) is 0.250. The number of amides is 1. The van der Waals surface area contributed by atoms with Gasteiger partial charge in [0.05, 0.1) is 21.7 Å². The second kappa shape index (κ2) is 12.8. The van der Waals surface area contributed by atoms with E-state index in [4.69, 9.17) is 21.3 Å². The SMILES string of the molecule is COc1ccc(Cl)c2sc(N(CCCN(C)C)C(=O)c3ccc(NS(=O)(=O)c4ccccc4)cc3)nc12.Cl. The van der Waals surface area contributed by atoms with Gasteiger partial charge >= 0.3 is 0 Å². The molecule has 0 aliphatic heterocycles. The molecule has 12 heteroatoms. The number of ether oxygens (including phenoxy) is 1. The lowest BCUT2D eigenvalue weighted by Gasteiger charge is -2.21. The number of aromatic nitrogens is 1. The van der Waals surface area contributed by atoms with Crippen molar-refractivity contribution >= 4 is 72.3 Å². The summed E-state index contributed by atoms with van der Waals surface area (Å²) in [5.41, 5.74) is 1.37. The summed E-state index contributed by atoms with van der Waals surface area (Å²) >= 11 is 7.74. The molecule has 4 aromatic rings. The van der Waals surface area contributed by atoms with E-state index in [1.54, 1.807) is 66.6 Å². The summed E-state index contributed by atoms with van der Waals surface area (Å²) in [7, 11) is 1.78. The summed E-state index contributed by atoms with van der Waals surface area (Å²) in [5.74, 6) is 0.336. The number of anilines is 2. The zero-order valence-electron chi connectivity index (χ0n) is 21.0. The molecule has 0 aliphatic rings. The maximum atomic E-state index is 13.6. The Morgan fingerprint density at radius 3 is 2.34 bits per heavy atom. The minimum absolute atomic E-state index is 0. The van der Waals surface area contributed by atoms with Gasteiger partial charge in [-0.1, -0.05) is 41.1 Å². The molecule has 0 atom stereocenters. The normalized spacial score (nSPS) is 11.3. The van der Waals surface area contributed by atoms with Gasteiger partial charge in [-0.05, 0) is 75.6 Å². The summed E-state index contributed by atoms with van der Waals surface area (Å²) in [6.07, 6.45) is 0.731. The van der Waals surface area contributed by atoms with Gasteiger partial charge in [-0.2, -0.15) is 0 Å². The number of methoxy groups -OCH3 is 1. The molecular formula is C26H28Cl2N4O4S2. The molecular weight excluding hydrogens is 567 g/mol. The average molecular weight is 596 g/mol. The molecule has 1 amide bonds. The van der Waals surface area contributed by atoms with Crippen molar-refractivity contribution < 1.29 is 17.9 Å². The fourth-order valence-corrected chi connectivity index (χ4v) is 6.06. The minimum atomic E-state index is -3.73. The predicted octanol–water partition coefficient (Wildman–Crippen LogP) is 5.78. The van der Waals surface area contributed by atoms with E-state index in [-0.39, 0.29) is 23.2 Å². The maximum Gasteiger partial charge on any atom is 0.261 e. The number of fused-ring (bicyclic) bond motifs is 1. The highest BCUT2D eigenvalue weighted by Crippen LogP contribution is 2.39. The Morgan fingerprint density at radius 2 is 1.71 bits per heavy atom. The molecule has 1 aromatic heterocycles. The molecule has 1 N–H and O–H groups in total. The summed E-state index contributed by atoms with van der Waals surface area (Å²) in [4.78, 5) is 22.2. The Bertz CT molecular complexity index is 1500. The van der Waals surface area contributed by atoms with Crippen molar-refractivity contribution in [2.75, 3.05) is 43.9 Å². The van der Waals surface area contributed by atoms with E-state index in [0.717, 1.165) is 17.7 Å². The molecule has 0 bridgehead atoms. The number of rotatable bonds is 10. The van der Waals surface area contributed by atoms with Crippen molar-refractivity contribution in [3.8, 4) is 5.75 Å². The van der Waals surface area contributed by atoms with Crippen LogP contribution >= 0.6 is 35.3 Å². The van der Waals surface area contributed by atoms with E-state index < -0.39 is 10.0 Å². The standard InChI is InChI=1S/C26H27ClN4O4S2.ClH/c1-30(2)16-7-17-31(26-28-23-22(35-3)15-14-21(27)24(23)36-26)25(32)18-10-12-19(13-11-18)29-37(33,34)20-8-5-4-6-9-20;/h4-6,8-15,29H,7,16-17H2,1-3H3;1H. The Balaban J connectivity index is 0.00000400. The largest absolute Gasteiger partial charge is 0.494 e. The molecule has 3 aromatic carbocycles. The van der Waals surface area contributed by atoms with Crippen LogP contribution in [0.15, 0.2) is 71.6 Å². The smallest absolute Gasteiger partial charge is 0.261 e. The van der Waals surface area contributed by atoms with E-state index >= 15 is 0 Å². The summed E-state index contributed by atoms with van der Waals surface area (Å²) in [6, 6.07) is 18.0. The van der Waals surface area contributed by atoms with Crippen molar-refractivity contribution in [1.82, 2.24) is 9.88 Å². The van der Waals surface area contributed by atoms with Crippen LogP contribution in [0.5, 0.6) is 5.75 Å². The highest BCUT2D eigenvalue weighted by molar-refractivity contribution is 7.92. The van der Waals surface area contributed by atoms with Crippen LogP contribution in [0.25, 0.3) is 10.2 Å². The Morgan fingerprint density at radius 1 is 1.03 bits per heavy atom. The number of hydrogen-bond acceptors (Lipinski definition) is 7. The second-order valence-corrected chi connectivity index (χ2v) is 11.6. The van der Waals surface area contributed by atoms with Crippen LogP contribution in [0.1, 0.15) is 16.8 Å². The maximum absolute atomic E-state index is 13.6. The monoisotopic (exact) mass is 594 g/mol. The molecule has 0 spiro atoms. The minimum Gasteiger partial charge on any atom is -0.494 e. The number of carbonyl (C=O) groups excluding carboxylic acids is 1. The molecule has 202 valence electrons. The number of benzene rings is 3. The van der Waals surface area contributed by atoms with Gasteiger partial charge in [-0.15, -0.1) is 12.4 Å². The van der Waals surface area contributed by atoms with Crippen molar-refractivity contribution in [2.45, 2.75) is 11.3 Å². The fraction of sp³-hybridized carbons (Fsp3) is 0.231. The van der Waals surface area contributed by atoms with Crippen LogP contribution in [0.4, 0.5) is 10.8 Å². The zero-order chi connectivity index (χ0) is 26.6. The van der Waals surface area contributed by atoms with E-state index in [9.17, 15) is 13.2 Å². The molecule has 8 nitrogen and oxygen atoms in total. The van der Waals surface area contributed by atoms with E-state index in [0.29, 0.717) is 39.2 Å². The van der Waals surface area contributed by atoms with Crippen molar-refractivity contribution in [2.24, 2.45) is 0 Å². The number of thiazole rings is 1. The molecule has 4 rings (SSSR count). The summed E-state index contributed by atoms with van der Waals surface area (Å²) in [6.45, 7) is 1.23. The molecule has 0 saturated heterocycles. The van der Waals surface area contributed by atoms with Crippen LogP contribution in [0, 0.1) is 0 Å². The van der Waals surface area contributed by atoms with Gasteiger partial charge in [0.15, 0.2) is 5.13 Å².